The zero-order chi connectivity index (χ0) is 16.8. The molecule has 0 unspecified atom stereocenters. The van der Waals surface area contributed by atoms with Crippen LogP contribution in [0.1, 0.15) is 46.1 Å². The monoisotopic (exact) mass is 330 g/mol. The minimum Gasteiger partial charge on any atom is -0.342 e. The van der Waals surface area contributed by atoms with Gasteiger partial charge in [0.1, 0.15) is 6.29 Å². The van der Waals surface area contributed by atoms with E-state index >= 15 is 0 Å². The van der Waals surface area contributed by atoms with Crippen molar-refractivity contribution < 1.29 is 4.79 Å². The van der Waals surface area contributed by atoms with E-state index in [0.717, 1.165) is 37.9 Å². The molecule has 0 amide bonds. The lowest BCUT2D eigenvalue weighted by atomic mass is 9.89. The number of carbonyl (C=O) groups excluding carboxylic acids is 1. The maximum atomic E-state index is 11.2. The van der Waals surface area contributed by atoms with Crippen LogP contribution in [0.3, 0.4) is 0 Å². The number of nitrogens with zero attached hydrogens (tertiary/aromatic N) is 2. The molecule has 3 nitrogen and oxygen atoms in total. The van der Waals surface area contributed by atoms with Crippen LogP contribution in [-0.4, -0.2) is 22.3 Å². The van der Waals surface area contributed by atoms with Gasteiger partial charge in [-0.3, -0.25) is 9.69 Å². The summed E-state index contributed by atoms with van der Waals surface area (Å²) in [5, 5.41) is 1.30. The Balaban J connectivity index is 1.60. The van der Waals surface area contributed by atoms with E-state index in [-0.39, 0.29) is 0 Å². The molecule has 0 spiro atoms. The second-order valence-electron chi connectivity index (χ2n) is 7.27. The number of aldehydes is 1. The fourth-order valence-electron chi connectivity index (χ4n) is 4.78. The molecule has 0 bridgehead atoms. The molecule has 0 saturated heterocycles. The summed E-state index contributed by atoms with van der Waals surface area (Å²) in [5.74, 6) is 0. The summed E-state index contributed by atoms with van der Waals surface area (Å²) in [7, 11) is 0. The second-order valence-corrected chi connectivity index (χ2v) is 7.27. The van der Waals surface area contributed by atoms with Gasteiger partial charge in [-0.05, 0) is 48.6 Å². The first kappa shape index (κ1) is 14.9. The average molecular weight is 330 g/mol. The van der Waals surface area contributed by atoms with Gasteiger partial charge in [0.15, 0.2) is 0 Å². The van der Waals surface area contributed by atoms with Crippen molar-refractivity contribution in [2.24, 2.45) is 0 Å². The lowest BCUT2D eigenvalue weighted by Crippen LogP contribution is -2.39. The summed E-state index contributed by atoms with van der Waals surface area (Å²) in [5.41, 5.74) is 6.47. The first-order valence-electron chi connectivity index (χ1n) is 9.23. The van der Waals surface area contributed by atoms with Gasteiger partial charge in [0.2, 0.25) is 0 Å². The number of hydrogen-bond acceptors (Lipinski definition) is 2. The predicted molar refractivity (Wildman–Crippen MR) is 99.9 cm³/mol. The predicted octanol–water partition coefficient (Wildman–Crippen LogP) is 4.35. The third-order valence-corrected chi connectivity index (χ3v) is 5.87. The van der Waals surface area contributed by atoms with E-state index in [1.165, 1.54) is 40.6 Å². The highest BCUT2D eigenvalue weighted by Crippen LogP contribution is 2.43. The Bertz CT molecular complexity index is 942. The molecule has 0 saturated carbocycles. The molecule has 3 heteroatoms. The van der Waals surface area contributed by atoms with Gasteiger partial charge < -0.3 is 4.57 Å². The fourth-order valence-corrected chi connectivity index (χ4v) is 4.78. The quantitative estimate of drug-likeness (QED) is 0.667. The molecule has 0 radical (unpaired) electrons. The minimum atomic E-state index is 0.504. The van der Waals surface area contributed by atoms with E-state index in [4.69, 9.17) is 0 Å². The second kappa shape index (κ2) is 5.85. The van der Waals surface area contributed by atoms with Crippen LogP contribution >= 0.6 is 0 Å². The van der Waals surface area contributed by atoms with Crippen LogP contribution in [0, 0.1) is 0 Å². The lowest BCUT2D eigenvalue weighted by molar-refractivity contribution is 0.112. The molecule has 25 heavy (non-hydrogen) atoms. The van der Waals surface area contributed by atoms with Crippen molar-refractivity contribution in [1.82, 2.24) is 9.47 Å². The van der Waals surface area contributed by atoms with Crippen molar-refractivity contribution in [3.05, 3.63) is 70.9 Å². The summed E-state index contributed by atoms with van der Waals surface area (Å²) in [6, 6.07) is 17.5. The van der Waals surface area contributed by atoms with E-state index in [9.17, 15) is 4.79 Å². The zero-order valence-electron chi connectivity index (χ0n) is 14.3. The molecule has 0 fully saturated rings. The number of hydrogen-bond donors (Lipinski definition) is 0. The van der Waals surface area contributed by atoms with Crippen LogP contribution in [0.4, 0.5) is 0 Å². The molecular weight excluding hydrogens is 308 g/mol. The van der Waals surface area contributed by atoms with Gasteiger partial charge in [-0.15, -0.1) is 0 Å². The molecule has 5 rings (SSSR count). The Morgan fingerprint density at radius 3 is 2.80 bits per heavy atom. The van der Waals surface area contributed by atoms with Crippen molar-refractivity contribution in [2.75, 3.05) is 6.54 Å². The van der Waals surface area contributed by atoms with Crippen molar-refractivity contribution in [2.45, 2.75) is 38.4 Å². The number of benzene rings is 2. The molecule has 126 valence electrons. The number of rotatable bonds is 3. The fraction of sp³-hybridized carbons (Fsp3) is 0.318. The molecular formula is C22H22N2O. The smallest absolute Gasteiger partial charge is 0.150 e. The highest BCUT2D eigenvalue weighted by Gasteiger charge is 2.34. The Morgan fingerprint density at radius 2 is 1.96 bits per heavy atom. The lowest BCUT2D eigenvalue weighted by Gasteiger charge is -2.40. The molecule has 3 aromatic rings. The molecule has 2 aromatic carbocycles. The molecule has 2 aliphatic rings. The molecule has 1 aromatic heterocycles. The Labute approximate surface area is 147 Å². The van der Waals surface area contributed by atoms with E-state index < -0.39 is 0 Å². The number of aromatic nitrogens is 1. The van der Waals surface area contributed by atoms with Crippen LogP contribution in [0.25, 0.3) is 10.9 Å². The standard InChI is InChI=1S/C22H22N2O/c25-15-17-9-10-20-19(13-17)18-7-4-8-21-22(18)24(20)12-11-23(21)14-16-5-2-1-3-6-16/h1-3,5-6,9-10,13,15,21H,4,7-8,11-12,14H2/t21-/m0/s1. The van der Waals surface area contributed by atoms with Crippen LogP contribution in [-0.2, 0) is 19.5 Å². The summed E-state index contributed by atoms with van der Waals surface area (Å²) in [6.07, 6.45) is 4.56. The first-order valence-corrected chi connectivity index (χ1v) is 9.23. The molecule has 0 N–H and O–H groups in total. The maximum absolute atomic E-state index is 11.2. The summed E-state index contributed by atoms with van der Waals surface area (Å²) in [6.45, 7) is 3.15. The molecule has 1 aliphatic carbocycles. The van der Waals surface area contributed by atoms with Crippen LogP contribution in [0.5, 0.6) is 0 Å². The van der Waals surface area contributed by atoms with Gasteiger partial charge in [-0.25, -0.2) is 0 Å². The summed E-state index contributed by atoms with van der Waals surface area (Å²) in [4.78, 5) is 13.9. The SMILES string of the molecule is O=Cc1ccc2c(c1)c1c3n2CCN(Cc2ccccc2)[C@H]3CCC1. The summed E-state index contributed by atoms with van der Waals surface area (Å²) >= 11 is 0. The largest absolute Gasteiger partial charge is 0.342 e. The van der Waals surface area contributed by atoms with Gasteiger partial charge >= 0.3 is 0 Å². The first-order chi connectivity index (χ1) is 12.3. The number of fused-ring (bicyclic) bond motifs is 3. The van der Waals surface area contributed by atoms with Crippen LogP contribution in [0.2, 0.25) is 0 Å². The van der Waals surface area contributed by atoms with E-state index in [2.05, 4.69) is 51.9 Å². The number of carbonyl (C=O) groups is 1. The Hall–Kier alpha value is -2.39. The number of aryl methyl sites for hydroxylation is 1. The van der Waals surface area contributed by atoms with Crippen LogP contribution < -0.4 is 0 Å². The van der Waals surface area contributed by atoms with Crippen molar-refractivity contribution in [3.63, 3.8) is 0 Å². The van der Waals surface area contributed by atoms with Crippen molar-refractivity contribution >= 4 is 17.2 Å². The molecule has 1 atom stereocenters. The van der Waals surface area contributed by atoms with Crippen molar-refractivity contribution in [3.8, 4) is 0 Å². The highest BCUT2D eigenvalue weighted by molar-refractivity contribution is 5.91. The third-order valence-electron chi connectivity index (χ3n) is 5.87. The summed E-state index contributed by atoms with van der Waals surface area (Å²) < 4.78 is 2.52. The topological polar surface area (TPSA) is 25.2 Å². The van der Waals surface area contributed by atoms with E-state index in [1.54, 1.807) is 0 Å². The van der Waals surface area contributed by atoms with Gasteiger partial charge in [0.05, 0.1) is 6.04 Å². The third kappa shape index (κ3) is 2.34. The Kier molecular flexibility index (Phi) is 3.49. The molecule has 2 heterocycles. The van der Waals surface area contributed by atoms with E-state index in [0.29, 0.717) is 6.04 Å². The van der Waals surface area contributed by atoms with Gasteiger partial charge in [0.25, 0.3) is 0 Å². The zero-order valence-corrected chi connectivity index (χ0v) is 14.3. The van der Waals surface area contributed by atoms with Crippen molar-refractivity contribution in [1.29, 1.82) is 0 Å². The van der Waals surface area contributed by atoms with Gasteiger partial charge in [0, 0.05) is 41.8 Å². The minimum absolute atomic E-state index is 0.504. The van der Waals surface area contributed by atoms with Crippen LogP contribution in [0.15, 0.2) is 48.5 Å². The highest BCUT2D eigenvalue weighted by atomic mass is 16.1. The van der Waals surface area contributed by atoms with Gasteiger partial charge in [-0.2, -0.15) is 0 Å². The van der Waals surface area contributed by atoms with Gasteiger partial charge in [-0.1, -0.05) is 30.3 Å². The average Bonchev–Trinajstić information content (AvgIpc) is 2.99. The maximum Gasteiger partial charge on any atom is 0.150 e. The normalized spacial score (nSPS) is 19.8. The van der Waals surface area contributed by atoms with E-state index in [1.807, 2.05) is 6.07 Å². The Morgan fingerprint density at radius 1 is 1.08 bits per heavy atom. The molecule has 1 aliphatic heterocycles.